The van der Waals surface area contributed by atoms with Crippen LogP contribution < -0.4 is 5.32 Å². The number of carbonyl (C=O) groups is 1. The van der Waals surface area contributed by atoms with Crippen LogP contribution in [0, 0.1) is 5.82 Å². The third kappa shape index (κ3) is 4.90. The minimum atomic E-state index is -3.92. The molecule has 29 heavy (non-hydrogen) atoms. The number of anilines is 1. The van der Waals surface area contributed by atoms with Crippen molar-refractivity contribution >= 4 is 44.8 Å². The molecule has 2 aromatic carbocycles. The Bertz CT molecular complexity index is 1010. The quantitative estimate of drug-likeness (QED) is 0.742. The number of piperazine rings is 1. The van der Waals surface area contributed by atoms with Crippen molar-refractivity contribution in [3.8, 4) is 0 Å². The third-order valence-corrected chi connectivity index (χ3v) is 7.32. The average Bonchev–Trinajstić information content (AvgIpc) is 2.69. The highest BCUT2D eigenvalue weighted by Crippen LogP contribution is 2.26. The van der Waals surface area contributed by atoms with Gasteiger partial charge in [-0.3, -0.25) is 9.69 Å². The van der Waals surface area contributed by atoms with E-state index < -0.39 is 21.9 Å². The summed E-state index contributed by atoms with van der Waals surface area (Å²) in [6, 6.07) is 9.59. The van der Waals surface area contributed by atoms with E-state index >= 15 is 0 Å². The second-order valence-electron chi connectivity index (χ2n) is 6.66. The van der Waals surface area contributed by atoms with Crippen LogP contribution in [0.15, 0.2) is 47.4 Å². The van der Waals surface area contributed by atoms with E-state index in [9.17, 15) is 17.6 Å². The number of halogens is 3. The maximum absolute atomic E-state index is 13.9. The third-order valence-electron chi connectivity index (χ3n) is 4.84. The molecule has 1 unspecified atom stereocenters. The van der Waals surface area contributed by atoms with Crippen molar-refractivity contribution in [3.63, 3.8) is 0 Å². The highest BCUT2D eigenvalue weighted by molar-refractivity contribution is 7.89. The van der Waals surface area contributed by atoms with Crippen molar-refractivity contribution in [2.45, 2.75) is 17.9 Å². The first-order chi connectivity index (χ1) is 13.7. The van der Waals surface area contributed by atoms with Crippen molar-refractivity contribution in [2.75, 3.05) is 31.5 Å². The van der Waals surface area contributed by atoms with E-state index in [0.717, 1.165) is 6.07 Å². The molecule has 1 N–H and O–H groups in total. The fourth-order valence-corrected chi connectivity index (χ4v) is 5.06. The molecule has 1 fully saturated rings. The lowest BCUT2D eigenvalue weighted by atomic mass is 10.2. The number of amides is 1. The van der Waals surface area contributed by atoms with Crippen LogP contribution in [0.1, 0.15) is 6.92 Å². The van der Waals surface area contributed by atoms with Gasteiger partial charge in [-0.1, -0.05) is 35.3 Å². The van der Waals surface area contributed by atoms with Gasteiger partial charge in [0, 0.05) is 31.2 Å². The minimum Gasteiger partial charge on any atom is -0.323 e. The van der Waals surface area contributed by atoms with Crippen molar-refractivity contribution in [1.29, 1.82) is 0 Å². The van der Waals surface area contributed by atoms with Gasteiger partial charge in [0.05, 0.1) is 16.8 Å². The Kier molecular flexibility index (Phi) is 6.80. The number of benzene rings is 2. The molecule has 1 aliphatic heterocycles. The molecule has 0 aliphatic carbocycles. The van der Waals surface area contributed by atoms with Crippen molar-refractivity contribution in [2.24, 2.45) is 0 Å². The Hall–Kier alpha value is -1.71. The van der Waals surface area contributed by atoms with Gasteiger partial charge in [-0.2, -0.15) is 4.31 Å². The van der Waals surface area contributed by atoms with E-state index in [1.165, 1.54) is 28.6 Å². The molecule has 0 bridgehead atoms. The van der Waals surface area contributed by atoms with E-state index in [4.69, 9.17) is 23.2 Å². The molecular weight excluding hydrogens is 440 g/mol. The van der Waals surface area contributed by atoms with Gasteiger partial charge in [0.1, 0.15) is 10.7 Å². The van der Waals surface area contributed by atoms with E-state index in [0.29, 0.717) is 28.8 Å². The average molecular weight is 460 g/mol. The van der Waals surface area contributed by atoms with E-state index in [2.05, 4.69) is 5.32 Å². The fraction of sp³-hybridized carbons (Fsp3) is 0.316. The second kappa shape index (κ2) is 8.97. The van der Waals surface area contributed by atoms with Gasteiger partial charge in [-0.15, -0.1) is 0 Å². The van der Waals surface area contributed by atoms with E-state index in [1.54, 1.807) is 19.1 Å². The molecule has 1 saturated heterocycles. The summed E-state index contributed by atoms with van der Waals surface area (Å²) in [5, 5.41) is 3.55. The molecule has 156 valence electrons. The number of hydrogen-bond donors (Lipinski definition) is 1. The van der Waals surface area contributed by atoms with Crippen LogP contribution in [-0.4, -0.2) is 55.8 Å². The predicted molar refractivity (Wildman–Crippen MR) is 111 cm³/mol. The first-order valence-corrected chi connectivity index (χ1v) is 11.1. The second-order valence-corrected chi connectivity index (χ2v) is 9.41. The summed E-state index contributed by atoms with van der Waals surface area (Å²) in [5.41, 5.74) is 0.452. The predicted octanol–water partition coefficient (Wildman–Crippen LogP) is 3.47. The van der Waals surface area contributed by atoms with Crippen LogP contribution in [-0.2, 0) is 14.8 Å². The van der Waals surface area contributed by atoms with Crippen molar-refractivity contribution in [1.82, 2.24) is 9.21 Å². The number of nitrogens with zero attached hydrogens (tertiary/aromatic N) is 2. The lowest BCUT2D eigenvalue weighted by Crippen LogP contribution is -2.54. The Morgan fingerprint density at radius 1 is 1.10 bits per heavy atom. The highest BCUT2D eigenvalue weighted by Gasteiger charge is 2.33. The van der Waals surface area contributed by atoms with Crippen LogP contribution in [0.2, 0.25) is 10.0 Å². The SMILES string of the molecule is CC(C(=O)Nc1ccc(Cl)cc1Cl)N1CCN(S(=O)(=O)c2ccccc2F)CC1. The highest BCUT2D eigenvalue weighted by atomic mass is 35.5. The van der Waals surface area contributed by atoms with Crippen LogP contribution in [0.25, 0.3) is 0 Å². The van der Waals surface area contributed by atoms with E-state index in [1.807, 2.05) is 4.90 Å². The van der Waals surface area contributed by atoms with Gasteiger partial charge in [0.2, 0.25) is 15.9 Å². The lowest BCUT2D eigenvalue weighted by molar-refractivity contribution is -0.121. The van der Waals surface area contributed by atoms with Crippen LogP contribution in [0.4, 0.5) is 10.1 Å². The molecular formula is C19H20Cl2FN3O3S. The maximum Gasteiger partial charge on any atom is 0.246 e. The Labute approximate surface area is 179 Å². The van der Waals surface area contributed by atoms with Crippen LogP contribution >= 0.6 is 23.2 Å². The molecule has 6 nitrogen and oxygen atoms in total. The summed E-state index contributed by atoms with van der Waals surface area (Å²) in [4.78, 5) is 14.1. The first kappa shape index (κ1) is 22.0. The molecule has 3 rings (SSSR count). The molecule has 1 atom stereocenters. The van der Waals surface area contributed by atoms with Gasteiger partial charge in [-0.25, -0.2) is 12.8 Å². The summed E-state index contributed by atoms with van der Waals surface area (Å²) in [7, 11) is -3.92. The molecule has 10 heteroatoms. The van der Waals surface area contributed by atoms with Gasteiger partial charge < -0.3 is 5.32 Å². The van der Waals surface area contributed by atoms with Crippen LogP contribution in [0.3, 0.4) is 0 Å². The minimum absolute atomic E-state index is 0.163. The zero-order valence-corrected chi connectivity index (χ0v) is 17.9. The summed E-state index contributed by atoms with van der Waals surface area (Å²) >= 11 is 11.9. The number of hydrogen-bond acceptors (Lipinski definition) is 4. The lowest BCUT2D eigenvalue weighted by Gasteiger charge is -2.36. The van der Waals surface area contributed by atoms with E-state index in [-0.39, 0.29) is 23.9 Å². The largest absolute Gasteiger partial charge is 0.323 e. The topological polar surface area (TPSA) is 69.7 Å². The summed E-state index contributed by atoms with van der Waals surface area (Å²) in [6.07, 6.45) is 0. The standard InChI is InChI=1S/C19H20Cl2FN3O3S/c1-13(19(26)23-17-7-6-14(20)12-15(17)21)24-8-10-25(11-9-24)29(27,28)18-5-3-2-4-16(18)22/h2-7,12-13H,8-11H2,1H3,(H,23,26). The molecule has 2 aromatic rings. The molecule has 1 aliphatic rings. The number of nitrogens with one attached hydrogen (secondary N) is 1. The molecule has 0 radical (unpaired) electrons. The Balaban J connectivity index is 1.62. The zero-order chi connectivity index (χ0) is 21.2. The normalized spacial score (nSPS) is 17.1. The zero-order valence-electron chi connectivity index (χ0n) is 15.6. The fourth-order valence-electron chi connectivity index (χ4n) is 3.12. The molecule has 1 amide bonds. The molecule has 0 aromatic heterocycles. The number of carbonyl (C=O) groups excluding carboxylic acids is 1. The first-order valence-electron chi connectivity index (χ1n) is 8.95. The van der Waals surface area contributed by atoms with Gasteiger partial charge in [-0.05, 0) is 37.3 Å². The number of rotatable bonds is 5. The van der Waals surface area contributed by atoms with Gasteiger partial charge in [0.25, 0.3) is 0 Å². The van der Waals surface area contributed by atoms with Crippen molar-refractivity contribution in [3.05, 3.63) is 58.3 Å². The molecule has 0 spiro atoms. The summed E-state index contributed by atoms with van der Waals surface area (Å²) < 4.78 is 40.5. The van der Waals surface area contributed by atoms with Crippen molar-refractivity contribution < 1.29 is 17.6 Å². The monoisotopic (exact) mass is 459 g/mol. The van der Waals surface area contributed by atoms with Gasteiger partial charge in [0.15, 0.2) is 0 Å². The molecule has 0 saturated carbocycles. The summed E-state index contributed by atoms with van der Waals surface area (Å²) in [5.74, 6) is -1.04. The Morgan fingerprint density at radius 2 is 1.76 bits per heavy atom. The molecule has 1 heterocycles. The Morgan fingerprint density at radius 3 is 2.38 bits per heavy atom. The maximum atomic E-state index is 13.9. The number of sulfonamides is 1. The summed E-state index contributed by atoms with van der Waals surface area (Å²) in [6.45, 7) is 2.75. The van der Waals surface area contributed by atoms with Gasteiger partial charge >= 0.3 is 0 Å². The van der Waals surface area contributed by atoms with Crippen LogP contribution in [0.5, 0.6) is 0 Å². The smallest absolute Gasteiger partial charge is 0.246 e.